The zero-order valence-corrected chi connectivity index (χ0v) is 24.0. The molecule has 1 aliphatic rings. The van der Waals surface area contributed by atoms with Gasteiger partial charge in [-0.05, 0) is 51.9 Å². The quantitative estimate of drug-likeness (QED) is 0.188. The largest absolute Gasteiger partial charge is 0.481 e. The topological polar surface area (TPSA) is 157 Å². The first-order chi connectivity index (χ1) is 17.9. The van der Waals surface area contributed by atoms with Gasteiger partial charge in [0.15, 0.2) is 0 Å². The summed E-state index contributed by atoms with van der Waals surface area (Å²) in [6.07, 6.45) is 2.98. The van der Waals surface area contributed by atoms with Gasteiger partial charge in [-0.15, -0.1) is 0 Å². The van der Waals surface area contributed by atoms with Crippen LogP contribution in [-0.2, 0) is 24.0 Å². The third kappa shape index (κ3) is 11.4. The van der Waals surface area contributed by atoms with Crippen LogP contribution in [0.5, 0.6) is 0 Å². The minimum absolute atomic E-state index is 0.00819. The lowest BCUT2D eigenvalue weighted by Gasteiger charge is -2.29. The van der Waals surface area contributed by atoms with Gasteiger partial charge in [0.2, 0.25) is 23.6 Å². The van der Waals surface area contributed by atoms with E-state index in [9.17, 15) is 24.0 Å². The summed E-state index contributed by atoms with van der Waals surface area (Å²) in [6, 6.07) is -1.84. The van der Waals surface area contributed by atoms with Crippen LogP contribution in [-0.4, -0.2) is 82.9 Å². The Morgan fingerprint density at radius 2 is 1.63 bits per heavy atom. The molecule has 11 nitrogen and oxygen atoms in total. The molecule has 5 atom stereocenters. The van der Waals surface area contributed by atoms with Gasteiger partial charge in [0.1, 0.15) is 12.1 Å². The maximum absolute atomic E-state index is 13.2. The van der Waals surface area contributed by atoms with E-state index in [0.29, 0.717) is 45.2 Å². The molecule has 11 heteroatoms. The van der Waals surface area contributed by atoms with E-state index in [2.05, 4.69) is 33.1 Å². The predicted molar refractivity (Wildman–Crippen MR) is 145 cm³/mol. The summed E-state index contributed by atoms with van der Waals surface area (Å²) in [6.45, 7) is 12.8. The predicted octanol–water partition coefficient (Wildman–Crippen LogP) is 1.55. The van der Waals surface area contributed by atoms with Gasteiger partial charge in [-0.3, -0.25) is 28.9 Å². The SMILES string of the molecule is CCC[C@H](NC(=O)[C@H](CC(C)C)NC(=O)CCCC(=O)O)C(=O)N[C@H]1CC(C)N([C@@H](CC)C(=O)NCC)C1. The summed E-state index contributed by atoms with van der Waals surface area (Å²) in [5.41, 5.74) is 0. The molecule has 4 amide bonds. The van der Waals surface area contributed by atoms with E-state index in [-0.39, 0.29) is 61.0 Å². The number of hydrogen-bond donors (Lipinski definition) is 5. The molecule has 1 rings (SSSR count). The van der Waals surface area contributed by atoms with Crippen molar-refractivity contribution in [3.05, 3.63) is 0 Å². The summed E-state index contributed by atoms with van der Waals surface area (Å²) < 4.78 is 0. The van der Waals surface area contributed by atoms with Crippen LogP contribution >= 0.6 is 0 Å². The van der Waals surface area contributed by atoms with E-state index in [1.807, 2.05) is 34.6 Å². The molecule has 1 aliphatic heterocycles. The lowest BCUT2D eigenvalue weighted by atomic mass is 10.0. The number of likely N-dealkylation sites (tertiary alicyclic amines) is 1. The Kier molecular flexibility index (Phi) is 14.9. The average molecular weight is 540 g/mol. The standard InChI is InChI=1S/C27H49N5O6/c1-7-11-20(31-26(37)21(14-17(4)5)30-23(33)12-10-13-24(34)35)25(36)29-19-15-18(6)32(16-19)22(8-2)27(38)28-9-3/h17-22H,7-16H2,1-6H3,(H,28,38)(H,29,36)(H,30,33)(H,31,37)(H,34,35)/t18?,19-,20-,21-,22-/m0/s1. The second kappa shape index (κ2) is 17.0. The normalized spacial score (nSPS) is 19.9. The fourth-order valence-corrected chi connectivity index (χ4v) is 4.96. The fourth-order valence-electron chi connectivity index (χ4n) is 4.96. The molecule has 1 heterocycles. The summed E-state index contributed by atoms with van der Waals surface area (Å²) in [4.78, 5) is 64.0. The number of carboxylic acid groups (broad SMARTS) is 1. The van der Waals surface area contributed by atoms with Crippen LogP contribution in [0.25, 0.3) is 0 Å². The molecule has 0 bridgehead atoms. The second-order valence-electron chi connectivity index (χ2n) is 10.7. The van der Waals surface area contributed by atoms with Crippen molar-refractivity contribution in [2.24, 2.45) is 5.92 Å². The molecule has 1 unspecified atom stereocenters. The zero-order valence-electron chi connectivity index (χ0n) is 24.0. The molecular weight excluding hydrogens is 490 g/mol. The Bertz CT molecular complexity index is 805. The van der Waals surface area contributed by atoms with Gasteiger partial charge < -0.3 is 26.4 Å². The smallest absolute Gasteiger partial charge is 0.303 e. The third-order valence-corrected chi connectivity index (χ3v) is 6.77. The van der Waals surface area contributed by atoms with E-state index < -0.39 is 24.0 Å². The van der Waals surface area contributed by atoms with Gasteiger partial charge in [-0.1, -0.05) is 34.1 Å². The molecular formula is C27H49N5O6. The molecule has 218 valence electrons. The first kappa shape index (κ1) is 33.3. The van der Waals surface area contributed by atoms with E-state index in [1.54, 1.807) is 0 Å². The van der Waals surface area contributed by atoms with E-state index >= 15 is 0 Å². The number of rotatable bonds is 17. The Balaban J connectivity index is 2.82. The summed E-state index contributed by atoms with van der Waals surface area (Å²) >= 11 is 0. The number of carbonyl (C=O) groups excluding carboxylic acids is 4. The van der Waals surface area contributed by atoms with E-state index in [1.165, 1.54) is 0 Å². The van der Waals surface area contributed by atoms with Gasteiger partial charge in [0, 0.05) is 38.0 Å². The molecule has 0 aromatic rings. The molecule has 1 saturated heterocycles. The minimum Gasteiger partial charge on any atom is -0.481 e. The lowest BCUT2D eigenvalue weighted by Crippen LogP contribution is -2.55. The summed E-state index contributed by atoms with van der Waals surface area (Å²) in [5, 5.41) is 20.3. The molecule has 0 aromatic carbocycles. The van der Waals surface area contributed by atoms with Gasteiger partial charge in [0.05, 0.1) is 6.04 Å². The van der Waals surface area contributed by atoms with Crippen LogP contribution in [0.4, 0.5) is 0 Å². The lowest BCUT2D eigenvalue weighted by molar-refractivity contribution is -0.137. The highest BCUT2D eigenvalue weighted by atomic mass is 16.4. The minimum atomic E-state index is -0.975. The van der Waals surface area contributed by atoms with Crippen LogP contribution in [0.2, 0.25) is 0 Å². The zero-order chi connectivity index (χ0) is 28.8. The molecule has 0 radical (unpaired) electrons. The van der Waals surface area contributed by atoms with Gasteiger partial charge in [0.25, 0.3) is 0 Å². The molecule has 0 saturated carbocycles. The van der Waals surface area contributed by atoms with Gasteiger partial charge in [-0.2, -0.15) is 0 Å². The maximum atomic E-state index is 13.2. The van der Waals surface area contributed by atoms with Crippen LogP contribution in [0, 0.1) is 5.92 Å². The van der Waals surface area contributed by atoms with Crippen LogP contribution in [0.1, 0.15) is 92.9 Å². The first-order valence-electron chi connectivity index (χ1n) is 14.1. The number of amides is 4. The van der Waals surface area contributed by atoms with Crippen molar-refractivity contribution in [3.8, 4) is 0 Å². The first-order valence-corrected chi connectivity index (χ1v) is 14.1. The second-order valence-corrected chi connectivity index (χ2v) is 10.7. The summed E-state index contributed by atoms with van der Waals surface area (Å²) in [7, 11) is 0. The molecule has 0 spiro atoms. The summed E-state index contributed by atoms with van der Waals surface area (Å²) in [5.74, 6) is -1.96. The number of aliphatic carboxylic acids is 1. The number of nitrogens with one attached hydrogen (secondary N) is 4. The van der Waals surface area contributed by atoms with E-state index in [0.717, 1.165) is 0 Å². The van der Waals surface area contributed by atoms with E-state index in [4.69, 9.17) is 5.11 Å². The van der Waals surface area contributed by atoms with Crippen molar-refractivity contribution < 1.29 is 29.1 Å². The van der Waals surface area contributed by atoms with Crippen LogP contribution in [0.3, 0.4) is 0 Å². The monoisotopic (exact) mass is 539 g/mol. The number of nitrogens with zero attached hydrogens (tertiary/aromatic N) is 1. The number of likely N-dealkylation sites (N-methyl/N-ethyl adjacent to an activating group) is 1. The van der Waals surface area contributed by atoms with Crippen molar-refractivity contribution >= 4 is 29.6 Å². The molecule has 38 heavy (non-hydrogen) atoms. The maximum Gasteiger partial charge on any atom is 0.303 e. The molecule has 1 fully saturated rings. The van der Waals surface area contributed by atoms with Crippen molar-refractivity contribution in [1.29, 1.82) is 0 Å². The molecule has 0 aromatic heterocycles. The van der Waals surface area contributed by atoms with Crippen LogP contribution < -0.4 is 21.3 Å². The van der Waals surface area contributed by atoms with Crippen molar-refractivity contribution in [2.75, 3.05) is 13.1 Å². The van der Waals surface area contributed by atoms with Crippen LogP contribution in [0.15, 0.2) is 0 Å². The van der Waals surface area contributed by atoms with Gasteiger partial charge in [-0.25, -0.2) is 0 Å². The van der Waals surface area contributed by atoms with Crippen molar-refractivity contribution in [2.45, 2.75) is 123 Å². The molecule has 0 aliphatic carbocycles. The number of carboxylic acids is 1. The highest BCUT2D eigenvalue weighted by molar-refractivity contribution is 5.92. The fraction of sp³-hybridized carbons (Fsp3) is 0.815. The third-order valence-electron chi connectivity index (χ3n) is 6.77. The van der Waals surface area contributed by atoms with Gasteiger partial charge >= 0.3 is 5.97 Å². The van der Waals surface area contributed by atoms with Crippen molar-refractivity contribution in [3.63, 3.8) is 0 Å². The Morgan fingerprint density at radius 3 is 2.18 bits per heavy atom. The highest BCUT2D eigenvalue weighted by Gasteiger charge is 2.37. The Morgan fingerprint density at radius 1 is 0.947 bits per heavy atom. The Hall–Kier alpha value is -2.69. The highest BCUT2D eigenvalue weighted by Crippen LogP contribution is 2.22. The number of hydrogen-bond acceptors (Lipinski definition) is 6. The number of carbonyl (C=O) groups is 5. The van der Waals surface area contributed by atoms with Crippen molar-refractivity contribution in [1.82, 2.24) is 26.2 Å². The Labute approximate surface area is 227 Å². The average Bonchev–Trinajstić information content (AvgIpc) is 3.17. The molecule has 5 N–H and O–H groups in total.